The SMILES string of the molecule is CCOC1CC(n2c(CC)nc(C(=O)OC)c2N)C1(C)C. The Hall–Kier alpha value is -1.56. The van der Waals surface area contributed by atoms with Crippen LogP contribution in [0, 0.1) is 5.41 Å². The van der Waals surface area contributed by atoms with Crippen LogP contribution < -0.4 is 5.73 Å². The van der Waals surface area contributed by atoms with Crippen LogP contribution in [0.4, 0.5) is 5.82 Å². The minimum absolute atomic E-state index is 0.0395. The molecule has 0 amide bonds. The van der Waals surface area contributed by atoms with E-state index >= 15 is 0 Å². The summed E-state index contributed by atoms with van der Waals surface area (Å²) in [5, 5.41) is 0. The van der Waals surface area contributed by atoms with Crippen LogP contribution >= 0.6 is 0 Å². The van der Waals surface area contributed by atoms with Crippen LogP contribution in [-0.2, 0) is 15.9 Å². The maximum absolute atomic E-state index is 11.8. The van der Waals surface area contributed by atoms with Gasteiger partial charge in [-0.05, 0) is 13.3 Å². The number of imidazole rings is 1. The minimum atomic E-state index is -0.487. The lowest BCUT2D eigenvalue weighted by Gasteiger charge is -2.52. The van der Waals surface area contributed by atoms with E-state index in [-0.39, 0.29) is 23.3 Å². The number of anilines is 1. The van der Waals surface area contributed by atoms with Gasteiger partial charge >= 0.3 is 5.97 Å². The third kappa shape index (κ3) is 2.41. The van der Waals surface area contributed by atoms with Crippen LogP contribution in [0.3, 0.4) is 0 Å². The number of aryl methyl sites for hydroxylation is 1. The number of ether oxygens (including phenoxy) is 2. The number of carbonyl (C=O) groups excluding carboxylic acids is 1. The third-order valence-electron chi connectivity index (χ3n) is 4.52. The van der Waals surface area contributed by atoms with E-state index in [0.29, 0.717) is 18.8 Å². The molecule has 0 aromatic carbocycles. The topological polar surface area (TPSA) is 79.4 Å². The first-order valence-electron chi connectivity index (χ1n) is 7.44. The van der Waals surface area contributed by atoms with Gasteiger partial charge in [0.15, 0.2) is 5.69 Å². The van der Waals surface area contributed by atoms with E-state index in [1.165, 1.54) is 7.11 Å². The van der Waals surface area contributed by atoms with Crippen LogP contribution in [0.25, 0.3) is 0 Å². The molecule has 1 aliphatic carbocycles. The zero-order valence-corrected chi connectivity index (χ0v) is 13.5. The fraction of sp³-hybridized carbons (Fsp3) is 0.733. The Morgan fingerprint density at radius 2 is 2.14 bits per heavy atom. The smallest absolute Gasteiger partial charge is 0.360 e. The second kappa shape index (κ2) is 5.67. The molecule has 1 aliphatic rings. The largest absolute Gasteiger partial charge is 0.464 e. The minimum Gasteiger partial charge on any atom is -0.464 e. The van der Waals surface area contributed by atoms with Crippen molar-refractivity contribution in [3.63, 3.8) is 0 Å². The van der Waals surface area contributed by atoms with E-state index in [1.807, 2.05) is 18.4 Å². The molecule has 0 spiro atoms. The van der Waals surface area contributed by atoms with Gasteiger partial charge in [-0.25, -0.2) is 9.78 Å². The molecule has 2 rings (SSSR count). The van der Waals surface area contributed by atoms with Crippen LogP contribution in [-0.4, -0.2) is 35.3 Å². The molecule has 118 valence electrons. The van der Waals surface area contributed by atoms with Gasteiger partial charge in [0.25, 0.3) is 0 Å². The van der Waals surface area contributed by atoms with E-state index in [2.05, 4.69) is 18.8 Å². The molecule has 0 aliphatic heterocycles. The number of nitrogens with zero attached hydrogens (tertiary/aromatic N) is 2. The predicted molar refractivity (Wildman–Crippen MR) is 80.2 cm³/mol. The Bertz CT molecular complexity index is 537. The zero-order valence-electron chi connectivity index (χ0n) is 13.5. The highest BCUT2D eigenvalue weighted by molar-refractivity contribution is 5.92. The highest BCUT2D eigenvalue weighted by Crippen LogP contribution is 2.52. The first-order chi connectivity index (χ1) is 9.88. The summed E-state index contributed by atoms with van der Waals surface area (Å²) in [4.78, 5) is 16.1. The van der Waals surface area contributed by atoms with E-state index < -0.39 is 5.97 Å². The molecule has 2 unspecified atom stereocenters. The van der Waals surface area contributed by atoms with Crippen molar-refractivity contribution in [3.05, 3.63) is 11.5 Å². The van der Waals surface area contributed by atoms with Crippen LogP contribution in [0.5, 0.6) is 0 Å². The van der Waals surface area contributed by atoms with Crippen LogP contribution in [0.1, 0.15) is 56.5 Å². The summed E-state index contributed by atoms with van der Waals surface area (Å²) < 4.78 is 12.5. The van der Waals surface area contributed by atoms with Crippen LogP contribution in [0.2, 0.25) is 0 Å². The van der Waals surface area contributed by atoms with Crippen molar-refractivity contribution in [1.82, 2.24) is 9.55 Å². The number of rotatable bonds is 5. The maximum Gasteiger partial charge on any atom is 0.360 e. The Kier molecular flexibility index (Phi) is 4.27. The zero-order chi connectivity index (χ0) is 15.8. The summed E-state index contributed by atoms with van der Waals surface area (Å²) in [5.41, 5.74) is 6.34. The molecule has 0 bridgehead atoms. The predicted octanol–water partition coefficient (Wildman–Crippen LogP) is 2.19. The number of nitrogens with two attached hydrogens (primary N) is 1. The van der Waals surface area contributed by atoms with Gasteiger partial charge in [0, 0.05) is 24.5 Å². The Labute approximate surface area is 125 Å². The number of hydrogen-bond acceptors (Lipinski definition) is 5. The van der Waals surface area contributed by atoms with Gasteiger partial charge in [-0.15, -0.1) is 0 Å². The first kappa shape index (κ1) is 15.8. The molecular formula is C15H25N3O3. The quantitative estimate of drug-likeness (QED) is 0.842. The van der Waals surface area contributed by atoms with Gasteiger partial charge in [0.2, 0.25) is 0 Å². The lowest BCUT2D eigenvalue weighted by Crippen LogP contribution is -2.52. The molecular weight excluding hydrogens is 270 g/mol. The Balaban J connectivity index is 2.37. The molecule has 1 fully saturated rings. The van der Waals surface area contributed by atoms with E-state index in [1.54, 1.807) is 0 Å². The molecule has 6 nitrogen and oxygen atoms in total. The lowest BCUT2D eigenvalue weighted by molar-refractivity contribution is -0.127. The highest BCUT2D eigenvalue weighted by Gasteiger charge is 2.51. The van der Waals surface area contributed by atoms with Crippen molar-refractivity contribution >= 4 is 11.8 Å². The van der Waals surface area contributed by atoms with E-state index in [4.69, 9.17) is 15.2 Å². The average Bonchev–Trinajstić information content (AvgIpc) is 2.78. The Morgan fingerprint density at radius 3 is 2.62 bits per heavy atom. The van der Waals surface area contributed by atoms with Crippen molar-refractivity contribution in [2.45, 2.75) is 52.7 Å². The van der Waals surface area contributed by atoms with Crippen molar-refractivity contribution in [2.24, 2.45) is 5.41 Å². The van der Waals surface area contributed by atoms with Crippen molar-refractivity contribution in [1.29, 1.82) is 0 Å². The molecule has 1 heterocycles. The number of aromatic nitrogens is 2. The first-order valence-corrected chi connectivity index (χ1v) is 7.44. The van der Waals surface area contributed by atoms with Gasteiger partial charge in [-0.2, -0.15) is 0 Å². The van der Waals surface area contributed by atoms with Gasteiger partial charge in [-0.3, -0.25) is 0 Å². The van der Waals surface area contributed by atoms with Crippen molar-refractivity contribution in [2.75, 3.05) is 19.5 Å². The maximum atomic E-state index is 11.8. The van der Waals surface area contributed by atoms with Crippen molar-refractivity contribution < 1.29 is 14.3 Å². The summed E-state index contributed by atoms with van der Waals surface area (Å²) in [5.74, 6) is 0.729. The average molecular weight is 295 g/mol. The van der Waals surface area contributed by atoms with Gasteiger partial charge in [0.1, 0.15) is 11.6 Å². The molecule has 6 heteroatoms. The van der Waals surface area contributed by atoms with E-state index in [0.717, 1.165) is 12.2 Å². The van der Waals surface area contributed by atoms with Crippen molar-refractivity contribution in [3.8, 4) is 0 Å². The second-order valence-corrected chi connectivity index (χ2v) is 5.99. The normalized spacial score (nSPS) is 23.7. The van der Waals surface area contributed by atoms with Crippen LogP contribution in [0.15, 0.2) is 0 Å². The fourth-order valence-electron chi connectivity index (χ4n) is 3.12. The Morgan fingerprint density at radius 1 is 1.48 bits per heavy atom. The molecule has 1 saturated carbocycles. The number of esters is 1. The number of carbonyl (C=O) groups is 1. The molecule has 0 radical (unpaired) electrons. The monoisotopic (exact) mass is 295 g/mol. The third-order valence-corrected chi connectivity index (χ3v) is 4.52. The highest BCUT2D eigenvalue weighted by atomic mass is 16.5. The molecule has 1 aromatic rings. The molecule has 2 atom stereocenters. The number of methoxy groups -OCH3 is 1. The molecule has 1 aromatic heterocycles. The van der Waals surface area contributed by atoms with Gasteiger partial charge in [-0.1, -0.05) is 20.8 Å². The summed E-state index contributed by atoms with van der Waals surface area (Å²) in [6.07, 6.45) is 1.81. The van der Waals surface area contributed by atoms with Gasteiger partial charge in [0.05, 0.1) is 13.2 Å². The standard InChI is InChI=1S/C15H25N3O3/c1-6-11-17-12(14(19)20-5)13(16)18(11)9-8-10(21-7-2)15(9,3)4/h9-10H,6-8,16H2,1-5H3. The summed E-state index contributed by atoms with van der Waals surface area (Å²) >= 11 is 0. The number of hydrogen-bond donors (Lipinski definition) is 1. The summed E-state index contributed by atoms with van der Waals surface area (Å²) in [7, 11) is 1.34. The van der Waals surface area contributed by atoms with Gasteiger partial charge < -0.3 is 19.8 Å². The molecule has 0 saturated heterocycles. The van der Waals surface area contributed by atoms with E-state index in [9.17, 15) is 4.79 Å². The number of nitrogen functional groups attached to an aromatic ring is 1. The summed E-state index contributed by atoms with van der Waals surface area (Å²) in [6, 6.07) is 0.190. The molecule has 2 N–H and O–H groups in total. The second-order valence-electron chi connectivity index (χ2n) is 5.99. The lowest BCUT2D eigenvalue weighted by atomic mass is 9.64. The summed E-state index contributed by atoms with van der Waals surface area (Å²) in [6.45, 7) is 9.04. The fourth-order valence-corrected chi connectivity index (χ4v) is 3.12. The molecule has 21 heavy (non-hydrogen) atoms.